The van der Waals surface area contributed by atoms with Gasteiger partial charge in [-0.2, -0.15) is 0 Å². The van der Waals surface area contributed by atoms with E-state index in [1.165, 1.54) is 12.1 Å². The van der Waals surface area contributed by atoms with E-state index in [-0.39, 0.29) is 16.8 Å². The summed E-state index contributed by atoms with van der Waals surface area (Å²) in [6.07, 6.45) is 0.300. The predicted octanol–water partition coefficient (Wildman–Crippen LogP) is -0.783. The monoisotopic (exact) mass is 270 g/mol. The molecule has 8 heteroatoms. The average molecular weight is 270 g/mol. The maximum atomic E-state index is 11.4. The van der Waals surface area contributed by atoms with Crippen molar-refractivity contribution in [2.24, 2.45) is 5.14 Å². The Kier molecular flexibility index (Phi) is 3.14. The first kappa shape index (κ1) is 12.7. The summed E-state index contributed by atoms with van der Waals surface area (Å²) < 4.78 is 22.9. The van der Waals surface area contributed by atoms with E-state index in [0.717, 1.165) is 0 Å². The fourth-order valence-electron chi connectivity index (χ4n) is 1.82. The topological polar surface area (TPSA) is 127 Å². The molecule has 18 heavy (non-hydrogen) atoms. The summed E-state index contributed by atoms with van der Waals surface area (Å²) in [5.74, 6) is -0.0694. The molecule has 1 aromatic rings. The number of nitrogens with two attached hydrogens (primary N) is 2. The summed E-state index contributed by atoms with van der Waals surface area (Å²) in [4.78, 5) is 11.0. The average Bonchev–Trinajstić information content (AvgIpc) is 2.65. The SMILES string of the molecule is Nc1ccc(NC2CNC(=O)C2)c(S(N)(=O)=O)c1. The van der Waals surface area contributed by atoms with E-state index in [1.807, 2.05) is 0 Å². The zero-order valence-corrected chi connectivity index (χ0v) is 10.3. The van der Waals surface area contributed by atoms with Gasteiger partial charge in [-0.05, 0) is 18.2 Å². The lowest BCUT2D eigenvalue weighted by molar-refractivity contribution is -0.119. The Hall–Kier alpha value is -1.80. The van der Waals surface area contributed by atoms with Crippen molar-refractivity contribution in [1.82, 2.24) is 5.32 Å². The molecule has 0 aliphatic carbocycles. The van der Waals surface area contributed by atoms with Gasteiger partial charge in [0.15, 0.2) is 0 Å². The normalized spacial score (nSPS) is 19.6. The molecule has 2 rings (SSSR count). The molecule has 0 spiro atoms. The zero-order chi connectivity index (χ0) is 13.3. The highest BCUT2D eigenvalue weighted by atomic mass is 32.2. The van der Waals surface area contributed by atoms with E-state index in [0.29, 0.717) is 24.3 Å². The summed E-state index contributed by atoms with van der Waals surface area (Å²) >= 11 is 0. The molecule has 0 saturated carbocycles. The van der Waals surface area contributed by atoms with Crippen molar-refractivity contribution in [3.63, 3.8) is 0 Å². The Morgan fingerprint density at radius 2 is 2.11 bits per heavy atom. The van der Waals surface area contributed by atoms with Crippen LogP contribution in [0.4, 0.5) is 11.4 Å². The number of carbonyl (C=O) groups excluding carboxylic acids is 1. The number of rotatable bonds is 3. The number of hydrogen-bond acceptors (Lipinski definition) is 5. The molecular weight excluding hydrogens is 256 g/mol. The molecule has 1 heterocycles. The number of anilines is 2. The largest absolute Gasteiger partial charge is 0.399 e. The summed E-state index contributed by atoms with van der Waals surface area (Å²) in [5.41, 5.74) is 6.21. The first-order chi connectivity index (χ1) is 8.36. The van der Waals surface area contributed by atoms with Crippen molar-refractivity contribution in [3.05, 3.63) is 18.2 Å². The minimum Gasteiger partial charge on any atom is -0.399 e. The van der Waals surface area contributed by atoms with Gasteiger partial charge in [0.1, 0.15) is 4.90 Å². The standard InChI is InChI=1S/C10H14N4O3S/c11-6-1-2-8(9(3-6)18(12,16)17)14-7-4-10(15)13-5-7/h1-3,7,14H,4-5,11H2,(H,13,15)(H2,12,16,17). The Morgan fingerprint density at radius 3 is 2.67 bits per heavy atom. The molecule has 1 unspecified atom stereocenters. The number of benzene rings is 1. The Bertz CT molecular complexity index is 585. The van der Waals surface area contributed by atoms with Crippen molar-refractivity contribution >= 4 is 27.3 Å². The molecule has 1 saturated heterocycles. The van der Waals surface area contributed by atoms with E-state index in [4.69, 9.17) is 10.9 Å². The maximum absolute atomic E-state index is 11.4. The molecule has 0 radical (unpaired) electrons. The number of carbonyl (C=O) groups is 1. The summed E-state index contributed by atoms with van der Waals surface area (Å²) in [5, 5.41) is 10.8. The third-order valence-corrected chi connectivity index (χ3v) is 3.60. The van der Waals surface area contributed by atoms with E-state index < -0.39 is 10.0 Å². The van der Waals surface area contributed by atoms with Gasteiger partial charge in [0.25, 0.3) is 0 Å². The van der Waals surface area contributed by atoms with Gasteiger partial charge in [-0.25, -0.2) is 13.6 Å². The second kappa shape index (κ2) is 4.46. The van der Waals surface area contributed by atoms with Gasteiger partial charge in [-0.3, -0.25) is 4.79 Å². The van der Waals surface area contributed by atoms with Crippen LogP contribution in [0.1, 0.15) is 6.42 Å². The van der Waals surface area contributed by atoms with Gasteiger partial charge in [-0.1, -0.05) is 0 Å². The molecule has 1 atom stereocenters. The fourth-order valence-corrected chi connectivity index (χ4v) is 2.55. The quantitative estimate of drug-likeness (QED) is 0.536. The Balaban J connectivity index is 2.30. The van der Waals surface area contributed by atoms with Gasteiger partial charge in [0.05, 0.1) is 11.7 Å². The van der Waals surface area contributed by atoms with Gasteiger partial charge >= 0.3 is 0 Å². The van der Waals surface area contributed by atoms with Gasteiger partial charge < -0.3 is 16.4 Å². The zero-order valence-electron chi connectivity index (χ0n) is 9.51. The Labute approximate surface area is 105 Å². The highest BCUT2D eigenvalue weighted by Gasteiger charge is 2.23. The minimum absolute atomic E-state index is 0.0677. The lowest BCUT2D eigenvalue weighted by Crippen LogP contribution is -2.24. The van der Waals surface area contributed by atoms with Crippen LogP contribution in [0.2, 0.25) is 0 Å². The number of primary sulfonamides is 1. The van der Waals surface area contributed by atoms with Crippen LogP contribution >= 0.6 is 0 Å². The van der Waals surface area contributed by atoms with Crippen molar-refractivity contribution in [3.8, 4) is 0 Å². The molecule has 1 aliphatic rings. The number of sulfonamides is 1. The van der Waals surface area contributed by atoms with E-state index in [9.17, 15) is 13.2 Å². The van der Waals surface area contributed by atoms with Crippen LogP contribution in [0.3, 0.4) is 0 Å². The second-order valence-electron chi connectivity index (χ2n) is 4.15. The molecule has 1 aliphatic heterocycles. The van der Waals surface area contributed by atoms with Crippen LogP contribution in [0, 0.1) is 0 Å². The maximum Gasteiger partial charge on any atom is 0.240 e. The first-order valence-electron chi connectivity index (χ1n) is 5.32. The van der Waals surface area contributed by atoms with Crippen molar-refractivity contribution in [2.45, 2.75) is 17.4 Å². The molecule has 6 N–H and O–H groups in total. The van der Waals surface area contributed by atoms with E-state index in [1.54, 1.807) is 6.07 Å². The lowest BCUT2D eigenvalue weighted by atomic mass is 10.2. The predicted molar refractivity (Wildman–Crippen MR) is 67.3 cm³/mol. The molecule has 1 fully saturated rings. The molecular formula is C10H14N4O3S. The molecule has 7 nitrogen and oxygen atoms in total. The summed E-state index contributed by atoms with van der Waals surface area (Å²) in [7, 11) is -3.86. The molecule has 98 valence electrons. The fraction of sp³-hybridized carbons (Fsp3) is 0.300. The highest BCUT2D eigenvalue weighted by molar-refractivity contribution is 7.89. The van der Waals surface area contributed by atoms with Gasteiger partial charge in [0.2, 0.25) is 15.9 Å². The van der Waals surface area contributed by atoms with Crippen LogP contribution in [0.5, 0.6) is 0 Å². The van der Waals surface area contributed by atoms with Gasteiger partial charge in [0, 0.05) is 18.7 Å². The lowest BCUT2D eigenvalue weighted by Gasteiger charge is -2.15. The number of nitrogen functional groups attached to an aromatic ring is 1. The number of amides is 1. The molecule has 0 aromatic heterocycles. The second-order valence-corrected chi connectivity index (χ2v) is 5.68. The van der Waals surface area contributed by atoms with Crippen LogP contribution in [0.25, 0.3) is 0 Å². The van der Waals surface area contributed by atoms with Crippen molar-refractivity contribution in [2.75, 3.05) is 17.6 Å². The molecule has 1 aromatic carbocycles. The summed E-state index contributed by atoms with van der Waals surface area (Å²) in [6, 6.07) is 4.25. The number of hydrogen-bond donors (Lipinski definition) is 4. The van der Waals surface area contributed by atoms with Crippen molar-refractivity contribution in [1.29, 1.82) is 0 Å². The van der Waals surface area contributed by atoms with E-state index in [2.05, 4.69) is 10.6 Å². The third kappa shape index (κ3) is 2.71. The minimum atomic E-state index is -3.86. The van der Waals surface area contributed by atoms with Gasteiger partial charge in [-0.15, -0.1) is 0 Å². The van der Waals surface area contributed by atoms with Crippen LogP contribution in [-0.2, 0) is 14.8 Å². The van der Waals surface area contributed by atoms with Crippen LogP contribution in [0.15, 0.2) is 23.1 Å². The van der Waals surface area contributed by atoms with Crippen molar-refractivity contribution < 1.29 is 13.2 Å². The number of nitrogens with one attached hydrogen (secondary N) is 2. The van der Waals surface area contributed by atoms with E-state index >= 15 is 0 Å². The van der Waals surface area contributed by atoms with Crippen LogP contribution in [-0.4, -0.2) is 26.9 Å². The highest BCUT2D eigenvalue weighted by Crippen LogP contribution is 2.24. The molecule has 0 bridgehead atoms. The van der Waals surface area contributed by atoms with Crippen LogP contribution < -0.4 is 21.5 Å². The summed E-state index contributed by atoms with van der Waals surface area (Å²) in [6.45, 7) is 0.452. The third-order valence-electron chi connectivity index (χ3n) is 2.65. The Morgan fingerprint density at radius 1 is 1.39 bits per heavy atom. The molecule has 1 amide bonds. The first-order valence-corrected chi connectivity index (χ1v) is 6.86. The smallest absolute Gasteiger partial charge is 0.240 e.